The summed E-state index contributed by atoms with van der Waals surface area (Å²) >= 11 is 5.91. The molecule has 19 heavy (non-hydrogen) atoms. The minimum Gasteiger partial charge on any atom is -0.478 e. The van der Waals surface area contributed by atoms with E-state index in [0.29, 0.717) is 18.0 Å². The summed E-state index contributed by atoms with van der Waals surface area (Å²) in [4.78, 5) is 22.6. The van der Waals surface area contributed by atoms with Crippen molar-refractivity contribution in [1.29, 1.82) is 0 Å². The monoisotopic (exact) mass is 284 g/mol. The number of rotatable bonds is 5. The van der Waals surface area contributed by atoms with E-state index in [-0.39, 0.29) is 16.5 Å². The maximum absolute atomic E-state index is 11.8. The number of carboxylic acid groups (broad SMARTS) is 1. The fourth-order valence-corrected chi connectivity index (χ4v) is 1.82. The lowest BCUT2D eigenvalue weighted by atomic mass is 10.0. The normalized spacial score (nSPS) is 12.3. The van der Waals surface area contributed by atoms with Crippen LogP contribution in [0.25, 0.3) is 0 Å². The molecule has 0 radical (unpaired) electrons. The lowest BCUT2D eigenvalue weighted by molar-refractivity contribution is -0.117. The lowest BCUT2D eigenvalue weighted by Crippen LogP contribution is -2.36. The minimum atomic E-state index is -1.07. The van der Waals surface area contributed by atoms with Gasteiger partial charge >= 0.3 is 5.97 Å². The molecule has 1 rings (SSSR count). The first-order valence-corrected chi connectivity index (χ1v) is 6.28. The number of benzene rings is 1. The number of carboxylic acids is 1. The molecule has 0 aliphatic heterocycles. The van der Waals surface area contributed by atoms with E-state index in [2.05, 4.69) is 5.32 Å². The number of anilines is 1. The summed E-state index contributed by atoms with van der Waals surface area (Å²) in [5.41, 5.74) is 6.17. The van der Waals surface area contributed by atoms with Crippen LogP contribution < -0.4 is 11.1 Å². The van der Waals surface area contributed by atoms with Gasteiger partial charge in [-0.25, -0.2) is 4.79 Å². The molecule has 1 amide bonds. The number of nitrogens with one attached hydrogen (secondary N) is 1. The highest BCUT2D eigenvalue weighted by Crippen LogP contribution is 2.23. The van der Waals surface area contributed by atoms with Gasteiger partial charge in [-0.3, -0.25) is 4.79 Å². The van der Waals surface area contributed by atoms with Crippen LogP contribution in [0.3, 0.4) is 0 Å². The number of carbonyl (C=O) groups excluding carboxylic acids is 1. The third-order valence-corrected chi connectivity index (χ3v) is 2.85. The Labute approximate surface area is 116 Å². The summed E-state index contributed by atoms with van der Waals surface area (Å²) in [6, 6.07) is 3.49. The van der Waals surface area contributed by atoms with Crippen molar-refractivity contribution in [2.45, 2.75) is 26.3 Å². The standard InChI is InChI=1S/C13H17ClN2O3/c1-7(2)5-10(15)12(17)16-11-4-3-8(13(18)19)6-9(11)14/h3-4,6-7,10H,5,15H2,1-2H3,(H,16,17)(H,18,19). The Balaban J connectivity index is 2.77. The van der Waals surface area contributed by atoms with Crippen LogP contribution in [0.15, 0.2) is 18.2 Å². The molecule has 1 unspecified atom stereocenters. The van der Waals surface area contributed by atoms with Crippen LogP contribution >= 0.6 is 11.6 Å². The highest BCUT2D eigenvalue weighted by molar-refractivity contribution is 6.34. The third-order valence-electron chi connectivity index (χ3n) is 2.54. The smallest absolute Gasteiger partial charge is 0.335 e. The van der Waals surface area contributed by atoms with E-state index in [4.69, 9.17) is 22.4 Å². The van der Waals surface area contributed by atoms with Crippen LogP contribution in [0, 0.1) is 5.92 Å². The van der Waals surface area contributed by atoms with Gasteiger partial charge < -0.3 is 16.2 Å². The van der Waals surface area contributed by atoms with Crippen molar-refractivity contribution in [1.82, 2.24) is 0 Å². The first-order valence-electron chi connectivity index (χ1n) is 5.90. The van der Waals surface area contributed by atoms with Gasteiger partial charge in [0.05, 0.1) is 22.3 Å². The van der Waals surface area contributed by atoms with Crippen molar-refractivity contribution in [3.05, 3.63) is 28.8 Å². The van der Waals surface area contributed by atoms with Crippen molar-refractivity contribution in [3.8, 4) is 0 Å². The van der Waals surface area contributed by atoms with Gasteiger partial charge in [-0.05, 0) is 30.5 Å². The molecule has 0 fully saturated rings. The lowest BCUT2D eigenvalue weighted by Gasteiger charge is -2.15. The Bertz CT molecular complexity index is 489. The molecule has 104 valence electrons. The van der Waals surface area contributed by atoms with Gasteiger partial charge in [-0.1, -0.05) is 25.4 Å². The summed E-state index contributed by atoms with van der Waals surface area (Å²) in [7, 11) is 0. The topological polar surface area (TPSA) is 92.4 Å². The molecule has 0 aliphatic carbocycles. The summed E-state index contributed by atoms with van der Waals surface area (Å²) < 4.78 is 0. The quantitative estimate of drug-likeness (QED) is 0.774. The van der Waals surface area contributed by atoms with Gasteiger partial charge in [0, 0.05) is 0 Å². The fraction of sp³-hybridized carbons (Fsp3) is 0.385. The molecule has 0 heterocycles. The summed E-state index contributed by atoms with van der Waals surface area (Å²) in [5.74, 6) is -1.10. The number of nitrogens with two attached hydrogens (primary N) is 1. The van der Waals surface area contributed by atoms with Crippen molar-refractivity contribution < 1.29 is 14.7 Å². The number of halogens is 1. The molecule has 1 atom stereocenters. The summed E-state index contributed by atoms with van der Waals surface area (Å²) in [5, 5.41) is 11.6. The third kappa shape index (κ3) is 4.54. The van der Waals surface area contributed by atoms with Crippen LogP contribution in [-0.4, -0.2) is 23.0 Å². The summed E-state index contributed by atoms with van der Waals surface area (Å²) in [6.07, 6.45) is 0.566. The number of amides is 1. The maximum atomic E-state index is 11.8. The van der Waals surface area contributed by atoms with E-state index in [1.165, 1.54) is 18.2 Å². The molecule has 0 aliphatic rings. The Hall–Kier alpha value is -1.59. The zero-order valence-electron chi connectivity index (χ0n) is 10.8. The highest BCUT2D eigenvalue weighted by Gasteiger charge is 2.16. The predicted octanol–water partition coefficient (Wildman–Crippen LogP) is 2.35. The molecule has 5 nitrogen and oxygen atoms in total. The average Bonchev–Trinajstić information content (AvgIpc) is 2.30. The second-order valence-electron chi connectivity index (χ2n) is 4.73. The molecule has 0 spiro atoms. The molecular formula is C13H17ClN2O3. The highest BCUT2D eigenvalue weighted by atomic mass is 35.5. The first-order chi connectivity index (χ1) is 8.81. The van der Waals surface area contributed by atoms with E-state index < -0.39 is 12.0 Å². The van der Waals surface area contributed by atoms with E-state index in [1.807, 2.05) is 13.8 Å². The molecule has 4 N–H and O–H groups in total. The van der Waals surface area contributed by atoms with Gasteiger partial charge in [0.15, 0.2) is 0 Å². The van der Waals surface area contributed by atoms with E-state index >= 15 is 0 Å². The van der Waals surface area contributed by atoms with Gasteiger partial charge in [0.25, 0.3) is 0 Å². The van der Waals surface area contributed by atoms with Crippen molar-refractivity contribution >= 4 is 29.2 Å². The van der Waals surface area contributed by atoms with Crippen molar-refractivity contribution in [2.24, 2.45) is 11.7 Å². The number of carbonyl (C=O) groups is 2. The minimum absolute atomic E-state index is 0.0643. The molecule has 0 saturated carbocycles. The Morgan fingerprint density at radius 3 is 2.53 bits per heavy atom. The maximum Gasteiger partial charge on any atom is 0.335 e. The van der Waals surface area contributed by atoms with Crippen LogP contribution in [0.1, 0.15) is 30.6 Å². The van der Waals surface area contributed by atoms with Crippen LogP contribution in [-0.2, 0) is 4.79 Å². The zero-order valence-corrected chi connectivity index (χ0v) is 11.6. The molecule has 1 aromatic carbocycles. The van der Waals surface area contributed by atoms with Crippen LogP contribution in [0.5, 0.6) is 0 Å². The van der Waals surface area contributed by atoms with E-state index in [1.54, 1.807) is 0 Å². The Kier molecular flexibility index (Phi) is 5.32. The van der Waals surface area contributed by atoms with Gasteiger partial charge in [-0.15, -0.1) is 0 Å². The molecule has 1 aromatic rings. The first kappa shape index (κ1) is 15.5. The van der Waals surface area contributed by atoms with Gasteiger partial charge in [0.2, 0.25) is 5.91 Å². The molecular weight excluding hydrogens is 268 g/mol. The number of hydrogen-bond donors (Lipinski definition) is 3. The SMILES string of the molecule is CC(C)CC(N)C(=O)Nc1ccc(C(=O)O)cc1Cl. The number of aromatic carboxylic acids is 1. The zero-order chi connectivity index (χ0) is 14.6. The van der Waals surface area contributed by atoms with Crippen molar-refractivity contribution in [3.63, 3.8) is 0 Å². The molecule has 6 heteroatoms. The van der Waals surface area contributed by atoms with Gasteiger partial charge in [0.1, 0.15) is 0 Å². The van der Waals surface area contributed by atoms with Crippen LogP contribution in [0.4, 0.5) is 5.69 Å². The molecule has 0 aromatic heterocycles. The second-order valence-corrected chi connectivity index (χ2v) is 5.13. The molecule has 0 bridgehead atoms. The second kappa shape index (κ2) is 6.54. The Morgan fingerprint density at radius 2 is 2.05 bits per heavy atom. The average molecular weight is 285 g/mol. The van der Waals surface area contributed by atoms with Gasteiger partial charge in [-0.2, -0.15) is 0 Å². The van der Waals surface area contributed by atoms with E-state index in [0.717, 1.165) is 0 Å². The Morgan fingerprint density at radius 1 is 1.42 bits per heavy atom. The van der Waals surface area contributed by atoms with Crippen LogP contribution in [0.2, 0.25) is 5.02 Å². The van der Waals surface area contributed by atoms with E-state index in [9.17, 15) is 9.59 Å². The number of hydrogen-bond acceptors (Lipinski definition) is 3. The van der Waals surface area contributed by atoms with Crippen molar-refractivity contribution in [2.75, 3.05) is 5.32 Å². The molecule has 0 saturated heterocycles. The fourth-order valence-electron chi connectivity index (χ4n) is 1.59. The summed E-state index contributed by atoms with van der Waals surface area (Å²) in [6.45, 7) is 3.95. The predicted molar refractivity (Wildman–Crippen MR) is 74.5 cm³/mol. The largest absolute Gasteiger partial charge is 0.478 e.